The number of hydrogen-bond donors (Lipinski definition) is 1. The molecule has 0 fully saturated rings. The van der Waals surface area contributed by atoms with Crippen LogP contribution in [0.15, 0.2) is 41.0 Å². The number of allylic oxidation sites excluding steroid dienone is 3. The van der Waals surface area contributed by atoms with Gasteiger partial charge in [-0.25, -0.2) is 8.78 Å². The molecule has 0 saturated carbocycles. The van der Waals surface area contributed by atoms with Gasteiger partial charge in [0.2, 0.25) is 5.88 Å². The van der Waals surface area contributed by atoms with Gasteiger partial charge in [0.25, 0.3) is 0 Å². The molecule has 24 heavy (non-hydrogen) atoms. The lowest BCUT2D eigenvalue weighted by Gasteiger charge is -2.37. The molecule has 1 aromatic carbocycles. The number of ether oxygens (including phenoxy) is 1. The molecule has 0 amide bonds. The van der Waals surface area contributed by atoms with E-state index in [0.29, 0.717) is 23.3 Å². The minimum absolute atomic E-state index is 0.0350. The second-order valence-corrected chi connectivity index (χ2v) is 6.88. The molecule has 2 aliphatic rings. The Bertz CT molecular complexity index is 847. The van der Waals surface area contributed by atoms with Crippen LogP contribution in [-0.4, -0.2) is 5.78 Å². The molecule has 0 bridgehead atoms. The summed E-state index contributed by atoms with van der Waals surface area (Å²) in [5.74, 6) is -2.74. The zero-order chi connectivity index (χ0) is 17.6. The predicted molar refractivity (Wildman–Crippen MR) is 82.1 cm³/mol. The highest BCUT2D eigenvalue weighted by Crippen LogP contribution is 2.47. The first-order chi connectivity index (χ1) is 11.2. The smallest absolute Gasteiger partial charge is 0.205 e. The zero-order valence-electron chi connectivity index (χ0n) is 13.3. The van der Waals surface area contributed by atoms with E-state index in [0.717, 1.165) is 12.1 Å². The molecular formula is C18H16F2N2O2. The SMILES string of the molecule is CC1(C)CC(=O)C2=C(C1)OC(N)=C(C#N)[C@@H]2c1ccc(F)c(F)c1. The Labute approximate surface area is 138 Å². The highest BCUT2D eigenvalue weighted by atomic mass is 19.2. The van der Waals surface area contributed by atoms with Crippen molar-refractivity contribution in [3.8, 4) is 6.07 Å². The first kappa shape index (κ1) is 16.2. The highest BCUT2D eigenvalue weighted by molar-refractivity contribution is 6.00. The molecule has 1 aliphatic carbocycles. The molecular weight excluding hydrogens is 314 g/mol. The van der Waals surface area contributed by atoms with Crippen molar-refractivity contribution in [2.75, 3.05) is 0 Å². The third-order valence-corrected chi connectivity index (χ3v) is 4.35. The Balaban J connectivity index is 2.20. The second kappa shape index (κ2) is 5.45. The molecule has 2 N–H and O–H groups in total. The van der Waals surface area contributed by atoms with Crippen molar-refractivity contribution in [3.63, 3.8) is 0 Å². The summed E-state index contributed by atoms with van der Waals surface area (Å²) in [4.78, 5) is 12.7. The van der Waals surface area contributed by atoms with Crippen molar-refractivity contribution in [1.29, 1.82) is 5.26 Å². The van der Waals surface area contributed by atoms with Crippen molar-refractivity contribution in [3.05, 3.63) is 58.2 Å². The predicted octanol–water partition coefficient (Wildman–Crippen LogP) is 3.42. The number of rotatable bonds is 1. The third-order valence-electron chi connectivity index (χ3n) is 4.35. The fourth-order valence-electron chi connectivity index (χ4n) is 3.31. The molecule has 4 nitrogen and oxygen atoms in total. The fourth-order valence-corrected chi connectivity index (χ4v) is 3.31. The number of nitrogens with two attached hydrogens (primary N) is 1. The molecule has 6 heteroatoms. The Morgan fingerprint density at radius 1 is 1.29 bits per heavy atom. The number of halogens is 2. The number of hydrogen-bond acceptors (Lipinski definition) is 4. The second-order valence-electron chi connectivity index (χ2n) is 6.88. The third kappa shape index (κ3) is 2.56. The normalized spacial score (nSPS) is 22.8. The zero-order valence-corrected chi connectivity index (χ0v) is 13.3. The first-order valence-electron chi connectivity index (χ1n) is 7.52. The standard InChI is InChI=1S/C18H16F2N2O2/c1-18(2)6-13(23)16-14(7-18)24-17(22)10(8-21)15(16)9-3-4-11(19)12(20)5-9/h3-5,15H,6-7,22H2,1-2H3/t15-/m0/s1. The maximum atomic E-state index is 13.7. The molecule has 0 saturated heterocycles. The van der Waals surface area contributed by atoms with Crippen LogP contribution < -0.4 is 5.73 Å². The van der Waals surface area contributed by atoms with Crippen molar-refractivity contribution in [2.24, 2.45) is 11.1 Å². The van der Waals surface area contributed by atoms with Crippen LogP contribution in [-0.2, 0) is 9.53 Å². The van der Waals surface area contributed by atoms with E-state index in [4.69, 9.17) is 10.5 Å². The highest BCUT2D eigenvalue weighted by Gasteiger charge is 2.43. The summed E-state index contributed by atoms with van der Waals surface area (Å²) in [6.45, 7) is 3.87. The average Bonchev–Trinajstić information content (AvgIpc) is 2.47. The average molecular weight is 330 g/mol. The van der Waals surface area contributed by atoms with Crippen molar-refractivity contribution in [2.45, 2.75) is 32.6 Å². The maximum absolute atomic E-state index is 13.7. The van der Waals surface area contributed by atoms with Gasteiger partial charge in [-0.3, -0.25) is 4.79 Å². The number of carbonyl (C=O) groups is 1. The van der Waals surface area contributed by atoms with Gasteiger partial charge in [-0.2, -0.15) is 5.26 Å². The molecule has 0 spiro atoms. The van der Waals surface area contributed by atoms with Crippen LogP contribution in [0.2, 0.25) is 0 Å². The Hall–Kier alpha value is -2.68. The summed E-state index contributed by atoms with van der Waals surface area (Å²) in [5, 5.41) is 9.43. The molecule has 1 heterocycles. The van der Waals surface area contributed by atoms with Crippen LogP contribution in [0.5, 0.6) is 0 Å². The van der Waals surface area contributed by atoms with E-state index in [-0.39, 0.29) is 29.1 Å². The monoisotopic (exact) mass is 330 g/mol. The van der Waals surface area contributed by atoms with Gasteiger partial charge < -0.3 is 10.5 Å². The van der Waals surface area contributed by atoms with Crippen molar-refractivity contribution >= 4 is 5.78 Å². The largest absolute Gasteiger partial charge is 0.444 e. The van der Waals surface area contributed by atoms with Crippen LogP contribution in [0.3, 0.4) is 0 Å². The van der Waals surface area contributed by atoms with Gasteiger partial charge in [0.1, 0.15) is 17.4 Å². The molecule has 1 aliphatic heterocycles. The lowest BCUT2D eigenvalue weighted by molar-refractivity contribution is -0.119. The summed E-state index contributed by atoms with van der Waals surface area (Å²) in [6, 6.07) is 5.26. The number of benzene rings is 1. The quantitative estimate of drug-likeness (QED) is 0.856. The van der Waals surface area contributed by atoms with E-state index in [9.17, 15) is 18.8 Å². The summed E-state index contributed by atoms with van der Waals surface area (Å²) >= 11 is 0. The van der Waals surface area contributed by atoms with Crippen LogP contribution in [0.1, 0.15) is 38.2 Å². The van der Waals surface area contributed by atoms with Crippen molar-refractivity contribution < 1.29 is 18.3 Å². The lowest BCUT2D eigenvalue weighted by Crippen LogP contribution is -2.33. The van der Waals surface area contributed by atoms with Gasteiger partial charge in [0, 0.05) is 18.4 Å². The molecule has 1 atom stereocenters. The van der Waals surface area contributed by atoms with Crippen LogP contribution in [0, 0.1) is 28.4 Å². The van der Waals surface area contributed by atoms with Gasteiger partial charge in [-0.15, -0.1) is 0 Å². The Kier molecular flexibility index (Phi) is 3.67. The molecule has 0 unspecified atom stereocenters. The molecule has 124 valence electrons. The first-order valence-corrected chi connectivity index (χ1v) is 7.52. The molecule has 1 aromatic rings. The van der Waals surface area contributed by atoms with Crippen molar-refractivity contribution in [1.82, 2.24) is 0 Å². The molecule has 3 rings (SSSR count). The number of nitriles is 1. The van der Waals surface area contributed by atoms with Gasteiger partial charge in [-0.05, 0) is 23.1 Å². The van der Waals surface area contributed by atoms with Crippen LogP contribution >= 0.6 is 0 Å². The minimum atomic E-state index is -1.04. The number of Topliss-reactive ketones (excluding diaryl/α,β-unsaturated/α-hetero) is 1. The topological polar surface area (TPSA) is 76.1 Å². The van der Waals surface area contributed by atoms with E-state index >= 15 is 0 Å². The van der Waals surface area contributed by atoms with E-state index in [1.54, 1.807) is 0 Å². The summed E-state index contributed by atoms with van der Waals surface area (Å²) in [6.07, 6.45) is 0.766. The lowest BCUT2D eigenvalue weighted by atomic mass is 9.70. The minimum Gasteiger partial charge on any atom is -0.444 e. The van der Waals surface area contributed by atoms with Crippen LogP contribution in [0.25, 0.3) is 0 Å². The number of ketones is 1. The number of nitrogens with zero attached hydrogens (tertiary/aromatic N) is 1. The van der Waals surface area contributed by atoms with Crippen LogP contribution in [0.4, 0.5) is 8.78 Å². The van der Waals surface area contributed by atoms with E-state index < -0.39 is 17.6 Å². The number of carbonyl (C=O) groups excluding carboxylic acids is 1. The molecule has 0 aromatic heterocycles. The van der Waals surface area contributed by atoms with Gasteiger partial charge in [-0.1, -0.05) is 19.9 Å². The van der Waals surface area contributed by atoms with Gasteiger partial charge in [0.15, 0.2) is 17.4 Å². The van der Waals surface area contributed by atoms with Gasteiger partial charge in [0.05, 0.1) is 5.92 Å². The fraction of sp³-hybridized carbons (Fsp3) is 0.333. The van der Waals surface area contributed by atoms with E-state index in [2.05, 4.69) is 0 Å². The van der Waals surface area contributed by atoms with Gasteiger partial charge >= 0.3 is 0 Å². The van der Waals surface area contributed by atoms with E-state index in [1.165, 1.54) is 6.07 Å². The Morgan fingerprint density at radius 3 is 2.62 bits per heavy atom. The molecule has 0 radical (unpaired) electrons. The summed E-state index contributed by atoms with van der Waals surface area (Å²) in [7, 11) is 0. The summed E-state index contributed by atoms with van der Waals surface area (Å²) < 4.78 is 32.5. The summed E-state index contributed by atoms with van der Waals surface area (Å²) in [5.41, 5.74) is 6.20. The Morgan fingerprint density at radius 2 is 2.00 bits per heavy atom. The maximum Gasteiger partial charge on any atom is 0.205 e. The van der Waals surface area contributed by atoms with E-state index in [1.807, 2.05) is 19.9 Å².